The first-order valence-electron chi connectivity index (χ1n) is 9.56. The molecule has 5 nitrogen and oxygen atoms in total. The second kappa shape index (κ2) is 8.39. The molecule has 0 bridgehead atoms. The van der Waals surface area contributed by atoms with Crippen LogP contribution in [-0.4, -0.2) is 40.5 Å². The largest absolute Gasteiger partial charge is 0.352 e. The van der Waals surface area contributed by atoms with Gasteiger partial charge >= 0.3 is 0 Å². The highest BCUT2D eigenvalue weighted by Gasteiger charge is 2.23. The Kier molecular flexibility index (Phi) is 5.96. The minimum Gasteiger partial charge on any atom is -0.352 e. The molecule has 0 spiro atoms. The van der Waals surface area contributed by atoms with Crippen molar-refractivity contribution in [2.24, 2.45) is 16.8 Å². The highest BCUT2D eigenvalue weighted by atomic mass is 15.3. The molecule has 0 aliphatic carbocycles. The number of hydrogen-bond donors (Lipinski definition) is 1. The van der Waals surface area contributed by atoms with Crippen molar-refractivity contribution in [3.63, 3.8) is 0 Å². The third kappa shape index (κ3) is 4.65. The van der Waals surface area contributed by atoms with E-state index >= 15 is 0 Å². The van der Waals surface area contributed by atoms with E-state index in [2.05, 4.69) is 62.9 Å². The molecule has 1 aromatic carbocycles. The third-order valence-electron chi connectivity index (χ3n) is 5.10. The van der Waals surface area contributed by atoms with Crippen LogP contribution in [0.1, 0.15) is 37.2 Å². The fourth-order valence-corrected chi connectivity index (χ4v) is 3.95. The lowest BCUT2D eigenvalue weighted by atomic mass is 9.92. The number of imidazole rings is 1. The molecule has 1 aromatic heterocycles. The summed E-state index contributed by atoms with van der Waals surface area (Å²) in [7, 11) is 1.88. The fraction of sp³-hybridized carbons (Fsp3) is 0.524. The zero-order valence-corrected chi connectivity index (χ0v) is 16.4. The van der Waals surface area contributed by atoms with Crippen molar-refractivity contribution in [1.29, 1.82) is 0 Å². The first kappa shape index (κ1) is 18.5. The predicted octanol–water partition coefficient (Wildman–Crippen LogP) is 3.29. The number of piperidine rings is 1. The van der Waals surface area contributed by atoms with Gasteiger partial charge in [0.05, 0.1) is 0 Å². The van der Waals surface area contributed by atoms with Crippen molar-refractivity contribution in [3.8, 4) is 0 Å². The normalized spacial score (nSPS) is 21.1. The molecule has 2 aromatic rings. The molecule has 1 saturated heterocycles. The third-order valence-corrected chi connectivity index (χ3v) is 5.10. The van der Waals surface area contributed by atoms with Crippen molar-refractivity contribution in [1.82, 2.24) is 19.8 Å². The number of benzene rings is 1. The topological polar surface area (TPSA) is 45.5 Å². The Labute approximate surface area is 157 Å². The maximum Gasteiger partial charge on any atom is 0.193 e. The van der Waals surface area contributed by atoms with Gasteiger partial charge in [-0.2, -0.15) is 0 Å². The Bertz CT molecular complexity index is 738. The summed E-state index contributed by atoms with van der Waals surface area (Å²) in [5.74, 6) is 3.50. The average Bonchev–Trinajstić information content (AvgIpc) is 3.00. The first-order valence-corrected chi connectivity index (χ1v) is 9.56. The number of guanidine groups is 1. The maximum absolute atomic E-state index is 4.51. The molecule has 1 N–H and O–H groups in total. The molecule has 140 valence electrons. The van der Waals surface area contributed by atoms with Crippen LogP contribution in [-0.2, 0) is 13.1 Å². The Morgan fingerprint density at radius 2 is 1.96 bits per heavy atom. The Balaban J connectivity index is 1.61. The van der Waals surface area contributed by atoms with Gasteiger partial charge in [-0.3, -0.25) is 4.99 Å². The standard InChI is InChI=1S/C21H31N5/c1-16-10-17(2)14-26(13-16)21(22-4)24-12-19-6-5-7-20(11-19)15-25-9-8-23-18(25)3/h5-9,11,16-17H,10,12-15H2,1-4H3,(H,22,24). The van der Waals surface area contributed by atoms with E-state index in [0.717, 1.165) is 49.8 Å². The lowest BCUT2D eigenvalue weighted by Crippen LogP contribution is -2.48. The smallest absolute Gasteiger partial charge is 0.193 e. The van der Waals surface area contributed by atoms with E-state index in [-0.39, 0.29) is 0 Å². The highest BCUT2D eigenvalue weighted by Crippen LogP contribution is 2.21. The van der Waals surface area contributed by atoms with Gasteiger partial charge in [0.2, 0.25) is 0 Å². The summed E-state index contributed by atoms with van der Waals surface area (Å²) in [4.78, 5) is 11.2. The summed E-state index contributed by atoms with van der Waals surface area (Å²) in [5.41, 5.74) is 2.57. The van der Waals surface area contributed by atoms with E-state index in [4.69, 9.17) is 0 Å². The number of rotatable bonds is 4. The molecule has 2 heterocycles. The number of likely N-dealkylation sites (tertiary alicyclic amines) is 1. The molecule has 2 atom stereocenters. The van der Waals surface area contributed by atoms with Gasteiger partial charge in [0, 0.05) is 45.6 Å². The van der Waals surface area contributed by atoms with Gasteiger partial charge < -0.3 is 14.8 Å². The quantitative estimate of drug-likeness (QED) is 0.678. The number of hydrogen-bond acceptors (Lipinski definition) is 2. The van der Waals surface area contributed by atoms with E-state index in [1.807, 2.05) is 26.4 Å². The molecule has 0 amide bonds. The maximum atomic E-state index is 4.51. The molecule has 3 rings (SSSR count). The summed E-state index contributed by atoms with van der Waals surface area (Å²) in [6.45, 7) is 10.5. The van der Waals surface area contributed by atoms with Crippen LogP contribution in [0.4, 0.5) is 0 Å². The second-order valence-corrected chi connectivity index (χ2v) is 7.67. The Morgan fingerprint density at radius 3 is 2.62 bits per heavy atom. The van der Waals surface area contributed by atoms with Crippen molar-refractivity contribution >= 4 is 5.96 Å². The van der Waals surface area contributed by atoms with Crippen LogP contribution in [0, 0.1) is 18.8 Å². The number of nitrogens with one attached hydrogen (secondary N) is 1. The lowest BCUT2D eigenvalue weighted by Gasteiger charge is -2.37. The highest BCUT2D eigenvalue weighted by molar-refractivity contribution is 5.80. The van der Waals surface area contributed by atoms with Crippen molar-refractivity contribution in [2.75, 3.05) is 20.1 Å². The van der Waals surface area contributed by atoms with Crippen LogP contribution in [0.2, 0.25) is 0 Å². The SMILES string of the molecule is CN=C(NCc1cccc(Cn2ccnc2C)c1)N1CC(C)CC(C)C1. The van der Waals surface area contributed by atoms with Gasteiger partial charge in [-0.15, -0.1) is 0 Å². The van der Waals surface area contributed by atoms with Crippen LogP contribution < -0.4 is 5.32 Å². The number of aromatic nitrogens is 2. The molecule has 26 heavy (non-hydrogen) atoms. The van der Waals surface area contributed by atoms with E-state index in [0.29, 0.717) is 0 Å². The van der Waals surface area contributed by atoms with E-state index < -0.39 is 0 Å². The molecule has 1 aliphatic rings. The summed E-state index contributed by atoms with van der Waals surface area (Å²) in [6.07, 6.45) is 5.19. The zero-order chi connectivity index (χ0) is 18.5. The van der Waals surface area contributed by atoms with Gasteiger partial charge in [0.25, 0.3) is 0 Å². The monoisotopic (exact) mass is 353 g/mol. The van der Waals surface area contributed by atoms with Gasteiger partial charge in [0.1, 0.15) is 5.82 Å². The minimum absolute atomic E-state index is 0.721. The number of nitrogens with zero attached hydrogens (tertiary/aromatic N) is 4. The van der Waals surface area contributed by atoms with Crippen LogP contribution in [0.25, 0.3) is 0 Å². The van der Waals surface area contributed by atoms with E-state index in [9.17, 15) is 0 Å². The molecule has 5 heteroatoms. The summed E-state index contributed by atoms with van der Waals surface area (Å²) >= 11 is 0. The van der Waals surface area contributed by atoms with Crippen LogP contribution in [0.15, 0.2) is 41.7 Å². The Hall–Kier alpha value is -2.30. The van der Waals surface area contributed by atoms with Crippen molar-refractivity contribution in [2.45, 2.75) is 40.3 Å². The number of aryl methyl sites for hydroxylation is 1. The minimum atomic E-state index is 0.721. The van der Waals surface area contributed by atoms with Gasteiger partial charge in [-0.1, -0.05) is 38.1 Å². The van der Waals surface area contributed by atoms with E-state index in [1.165, 1.54) is 17.5 Å². The van der Waals surface area contributed by atoms with Crippen LogP contribution in [0.5, 0.6) is 0 Å². The van der Waals surface area contributed by atoms with E-state index in [1.54, 1.807) is 0 Å². The zero-order valence-electron chi connectivity index (χ0n) is 16.4. The summed E-state index contributed by atoms with van der Waals surface area (Å²) in [6, 6.07) is 8.74. The van der Waals surface area contributed by atoms with Gasteiger partial charge in [0.15, 0.2) is 5.96 Å². The van der Waals surface area contributed by atoms with Crippen LogP contribution >= 0.6 is 0 Å². The average molecular weight is 354 g/mol. The summed E-state index contributed by atoms with van der Waals surface area (Å²) in [5, 5.41) is 3.55. The summed E-state index contributed by atoms with van der Waals surface area (Å²) < 4.78 is 2.17. The van der Waals surface area contributed by atoms with Crippen molar-refractivity contribution < 1.29 is 0 Å². The lowest BCUT2D eigenvalue weighted by molar-refractivity contribution is 0.208. The molecule has 0 saturated carbocycles. The fourth-order valence-electron chi connectivity index (χ4n) is 3.95. The van der Waals surface area contributed by atoms with Gasteiger partial charge in [-0.25, -0.2) is 4.98 Å². The Morgan fingerprint density at radius 1 is 1.23 bits per heavy atom. The molecular formula is C21H31N5. The molecule has 2 unspecified atom stereocenters. The molecule has 1 aliphatic heterocycles. The first-order chi connectivity index (χ1) is 12.5. The van der Waals surface area contributed by atoms with Gasteiger partial charge in [-0.05, 0) is 36.3 Å². The molecule has 1 fully saturated rings. The van der Waals surface area contributed by atoms with Crippen LogP contribution in [0.3, 0.4) is 0 Å². The van der Waals surface area contributed by atoms with Crippen molar-refractivity contribution in [3.05, 3.63) is 53.6 Å². The second-order valence-electron chi connectivity index (χ2n) is 7.67. The number of aliphatic imine (C=N–C) groups is 1. The molecular weight excluding hydrogens is 322 g/mol. The predicted molar refractivity (Wildman–Crippen MR) is 107 cm³/mol. The molecule has 0 radical (unpaired) electrons.